The van der Waals surface area contributed by atoms with Gasteiger partial charge in [0, 0.05) is 0 Å². The molecule has 1 unspecified atom stereocenters. The van der Waals surface area contributed by atoms with Crippen LogP contribution in [0.3, 0.4) is 0 Å². The lowest BCUT2D eigenvalue weighted by Crippen LogP contribution is -2.25. The lowest BCUT2D eigenvalue weighted by molar-refractivity contribution is 0.0658. The number of aliphatic hydroxyl groups excluding tert-OH is 1. The molecule has 1 fully saturated rings. The summed E-state index contributed by atoms with van der Waals surface area (Å²) in [6, 6.07) is 0. The summed E-state index contributed by atoms with van der Waals surface area (Å²) in [7, 11) is 0. The molecule has 0 saturated heterocycles. The Labute approximate surface area is 107 Å². The molecule has 0 aromatic rings. The van der Waals surface area contributed by atoms with Gasteiger partial charge in [0.2, 0.25) is 0 Å². The Morgan fingerprint density at radius 1 is 1.29 bits per heavy atom. The summed E-state index contributed by atoms with van der Waals surface area (Å²) >= 11 is 0. The van der Waals surface area contributed by atoms with E-state index in [1.165, 1.54) is 50.5 Å². The number of allylic oxidation sites excluding steroid dienone is 1. The molecule has 1 atom stereocenters. The molecule has 1 saturated carbocycles. The number of rotatable bonds is 7. The maximum Gasteiger partial charge on any atom is 0.0571 e. The second-order valence-corrected chi connectivity index (χ2v) is 5.99. The standard InChI is InChI=1S/C16H30O/c1-4-5-6-14-8-10-15(11-9-14)16(17)12-7-13(2)3/h14-17H,2,4-12H2,1,3H3. The molecular weight excluding hydrogens is 208 g/mol. The summed E-state index contributed by atoms with van der Waals surface area (Å²) in [6.45, 7) is 8.23. The smallest absolute Gasteiger partial charge is 0.0571 e. The van der Waals surface area contributed by atoms with Crippen molar-refractivity contribution in [3.8, 4) is 0 Å². The lowest BCUT2D eigenvalue weighted by Gasteiger charge is -2.31. The van der Waals surface area contributed by atoms with Crippen LogP contribution in [0.15, 0.2) is 12.2 Å². The average molecular weight is 238 g/mol. The monoisotopic (exact) mass is 238 g/mol. The van der Waals surface area contributed by atoms with Gasteiger partial charge in [0.25, 0.3) is 0 Å². The van der Waals surface area contributed by atoms with E-state index >= 15 is 0 Å². The van der Waals surface area contributed by atoms with Crippen LogP contribution in [0.1, 0.15) is 71.6 Å². The summed E-state index contributed by atoms with van der Waals surface area (Å²) < 4.78 is 0. The Balaban J connectivity index is 2.19. The first kappa shape index (κ1) is 14.8. The summed E-state index contributed by atoms with van der Waals surface area (Å²) in [6.07, 6.45) is 11.1. The van der Waals surface area contributed by atoms with Crippen molar-refractivity contribution >= 4 is 0 Å². The van der Waals surface area contributed by atoms with Crippen LogP contribution in [-0.4, -0.2) is 11.2 Å². The predicted molar refractivity (Wildman–Crippen MR) is 75.0 cm³/mol. The first-order valence-electron chi connectivity index (χ1n) is 7.46. The van der Waals surface area contributed by atoms with E-state index in [0.29, 0.717) is 5.92 Å². The number of aliphatic hydroxyl groups is 1. The molecule has 1 aliphatic carbocycles. The Hall–Kier alpha value is -0.300. The molecule has 1 rings (SSSR count). The highest BCUT2D eigenvalue weighted by atomic mass is 16.3. The van der Waals surface area contributed by atoms with E-state index in [0.717, 1.165) is 18.8 Å². The van der Waals surface area contributed by atoms with Gasteiger partial charge in [-0.2, -0.15) is 0 Å². The van der Waals surface area contributed by atoms with Crippen molar-refractivity contribution in [1.29, 1.82) is 0 Å². The van der Waals surface area contributed by atoms with Gasteiger partial charge in [0.05, 0.1) is 6.10 Å². The minimum atomic E-state index is -0.0844. The van der Waals surface area contributed by atoms with Gasteiger partial charge in [0.1, 0.15) is 0 Å². The molecule has 1 aliphatic rings. The third-order valence-electron chi connectivity index (χ3n) is 4.27. The second-order valence-electron chi connectivity index (χ2n) is 5.99. The Kier molecular flexibility index (Phi) is 6.87. The zero-order valence-corrected chi connectivity index (χ0v) is 11.8. The molecule has 0 heterocycles. The zero-order valence-electron chi connectivity index (χ0n) is 11.8. The van der Waals surface area contributed by atoms with Gasteiger partial charge in [0.15, 0.2) is 0 Å². The molecule has 1 N–H and O–H groups in total. The fourth-order valence-corrected chi connectivity index (χ4v) is 2.98. The molecule has 0 radical (unpaired) electrons. The summed E-state index contributed by atoms with van der Waals surface area (Å²) in [5.41, 5.74) is 1.20. The molecule has 100 valence electrons. The van der Waals surface area contributed by atoms with Crippen LogP contribution >= 0.6 is 0 Å². The van der Waals surface area contributed by atoms with Gasteiger partial charge in [-0.3, -0.25) is 0 Å². The van der Waals surface area contributed by atoms with Gasteiger partial charge in [-0.05, 0) is 44.4 Å². The number of unbranched alkanes of at least 4 members (excludes halogenated alkanes) is 1. The molecular formula is C16H30O. The van der Waals surface area contributed by atoms with Crippen LogP contribution in [0, 0.1) is 11.8 Å². The third kappa shape index (κ3) is 5.72. The van der Waals surface area contributed by atoms with Crippen LogP contribution in [0.25, 0.3) is 0 Å². The van der Waals surface area contributed by atoms with Crippen LogP contribution in [0.2, 0.25) is 0 Å². The van der Waals surface area contributed by atoms with Crippen molar-refractivity contribution in [2.75, 3.05) is 0 Å². The summed E-state index contributed by atoms with van der Waals surface area (Å²) in [5, 5.41) is 10.1. The van der Waals surface area contributed by atoms with E-state index in [1.807, 2.05) is 6.92 Å². The molecule has 0 amide bonds. The maximum absolute atomic E-state index is 10.1. The first-order valence-corrected chi connectivity index (χ1v) is 7.46. The fraction of sp³-hybridized carbons (Fsp3) is 0.875. The van der Waals surface area contributed by atoms with Crippen LogP contribution in [0.5, 0.6) is 0 Å². The minimum absolute atomic E-state index is 0.0844. The molecule has 0 spiro atoms. The van der Waals surface area contributed by atoms with Crippen LogP contribution in [-0.2, 0) is 0 Å². The Morgan fingerprint density at radius 3 is 2.47 bits per heavy atom. The first-order chi connectivity index (χ1) is 8.13. The van der Waals surface area contributed by atoms with Crippen molar-refractivity contribution in [2.45, 2.75) is 77.7 Å². The van der Waals surface area contributed by atoms with Gasteiger partial charge in [-0.25, -0.2) is 0 Å². The average Bonchev–Trinajstić information content (AvgIpc) is 2.34. The van der Waals surface area contributed by atoms with E-state index < -0.39 is 0 Å². The Morgan fingerprint density at radius 2 is 1.94 bits per heavy atom. The quantitative estimate of drug-likeness (QED) is 0.637. The largest absolute Gasteiger partial charge is 0.393 e. The maximum atomic E-state index is 10.1. The van der Waals surface area contributed by atoms with Crippen molar-refractivity contribution < 1.29 is 5.11 Å². The third-order valence-corrected chi connectivity index (χ3v) is 4.27. The van der Waals surface area contributed by atoms with Crippen LogP contribution in [0.4, 0.5) is 0 Å². The number of hydrogen-bond donors (Lipinski definition) is 1. The second kappa shape index (κ2) is 7.92. The van der Waals surface area contributed by atoms with Gasteiger partial charge >= 0.3 is 0 Å². The molecule has 1 nitrogen and oxygen atoms in total. The van der Waals surface area contributed by atoms with Gasteiger partial charge in [-0.15, -0.1) is 6.58 Å². The SMILES string of the molecule is C=C(C)CCC(O)C1CCC(CCCC)CC1. The Bertz CT molecular complexity index is 214. The highest BCUT2D eigenvalue weighted by Crippen LogP contribution is 2.34. The zero-order chi connectivity index (χ0) is 12.7. The highest BCUT2D eigenvalue weighted by molar-refractivity contribution is 4.89. The molecule has 1 heteroatoms. The normalized spacial score (nSPS) is 26.8. The highest BCUT2D eigenvalue weighted by Gasteiger charge is 2.25. The summed E-state index contributed by atoms with van der Waals surface area (Å²) in [5.74, 6) is 1.51. The molecule has 17 heavy (non-hydrogen) atoms. The van der Waals surface area contributed by atoms with Crippen molar-refractivity contribution in [2.24, 2.45) is 11.8 Å². The van der Waals surface area contributed by atoms with E-state index in [-0.39, 0.29) is 6.10 Å². The van der Waals surface area contributed by atoms with Crippen molar-refractivity contribution in [3.63, 3.8) is 0 Å². The van der Waals surface area contributed by atoms with Gasteiger partial charge < -0.3 is 5.11 Å². The summed E-state index contributed by atoms with van der Waals surface area (Å²) in [4.78, 5) is 0. The predicted octanol–water partition coefficient (Wildman–Crippen LogP) is 4.70. The van der Waals surface area contributed by atoms with Crippen molar-refractivity contribution in [3.05, 3.63) is 12.2 Å². The lowest BCUT2D eigenvalue weighted by atomic mass is 9.77. The van der Waals surface area contributed by atoms with Crippen molar-refractivity contribution in [1.82, 2.24) is 0 Å². The van der Waals surface area contributed by atoms with E-state index in [2.05, 4.69) is 13.5 Å². The topological polar surface area (TPSA) is 20.2 Å². The molecule has 0 bridgehead atoms. The van der Waals surface area contributed by atoms with Crippen LogP contribution < -0.4 is 0 Å². The minimum Gasteiger partial charge on any atom is -0.393 e. The van der Waals surface area contributed by atoms with E-state index in [1.54, 1.807) is 0 Å². The number of hydrogen-bond acceptors (Lipinski definition) is 1. The van der Waals surface area contributed by atoms with E-state index in [9.17, 15) is 5.11 Å². The molecule has 0 aromatic carbocycles. The molecule has 0 aromatic heterocycles. The van der Waals surface area contributed by atoms with Gasteiger partial charge in [-0.1, -0.05) is 44.6 Å². The van der Waals surface area contributed by atoms with E-state index in [4.69, 9.17) is 0 Å². The fourth-order valence-electron chi connectivity index (χ4n) is 2.98. The molecule has 0 aliphatic heterocycles.